The summed E-state index contributed by atoms with van der Waals surface area (Å²) in [5.74, 6) is 0. The molecule has 0 aromatic heterocycles. The predicted molar refractivity (Wildman–Crippen MR) is 225 cm³/mol. The molecule has 2 heterocycles. The molecule has 4 heteroatoms. The Labute approximate surface area is 307 Å². The second-order valence-corrected chi connectivity index (χ2v) is 19.2. The average molecular weight is 699 g/mol. The SMILES string of the molecule is c1ccc(N2c3ccccc3N(c3ccc(P4c5ccccc5[Si](c5ccccc5)(c5ccccc5)c5ccccc54)cc3)c3ccccc32)cc1. The summed E-state index contributed by atoms with van der Waals surface area (Å²) in [6, 6.07) is 78.9. The smallest absolute Gasteiger partial charge is 0.180 e. The Bertz CT molecular complexity index is 2400. The van der Waals surface area contributed by atoms with Crippen molar-refractivity contribution in [1.29, 1.82) is 0 Å². The maximum absolute atomic E-state index is 2.60. The van der Waals surface area contributed by atoms with Crippen molar-refractivity contribution in [1.82, 2.24) is 0 Å². The van der Waals surface area contributed by atoms with Crippen LogP contribution in [0.5, 0.6) is 0 Å². The van der Waals surface area contributed by atoms with Crippen molar-refractivity contribution in [2.24, 2.45) is 0 Å². The highest BCUT2D eigenvalue weighted by atomic mass is 31.1. The van der Waals surface area contributed by atoms with Crippen LogP contribution < -0.4 is 46.5 Å². The minimum Gasteiger partial charge on any atom is -0.306 e. The molecule has 2 aliphatic rings. The average Bonchev–Trinajstić information content (AvgIpc) is 3.23. The van der Waals surface area contributed by atoms with E-state index in [4.69, 9.17) is 0 Å². The molecule has 0 amide bonds. The van der Waals surface area contributed by atoms with E-state index in [1.54, 1.807) is 0 Å². The maximum Gasteiger partial charge on any atom is 0.180 e. The topological polar surface area (TPSA) is 6.48 Å². The normalized spacial score (nSPS) is 14.2. The van der Waals surface area contributed by atoms with Gasteiger partial charge in [-0.05, 0) is 93.1 Å². The first-order chi connectivity index (χ1) is 25.8. The van der Waals surface area contributed by atoms with Crippen molar-refractivity contribution in [3.05, 3.63) is 212 Å². The van der Waals surface area contributed by atoms with Crippen molar-refractivity contribution in [2.75, 3.05) is 9.80 Å². The van der Waals surface area contributed by atoms with E-state index in [-0.39, 0.29) is 0 Å². The third-order valence-electron chi connectivity index (χ3n) is 10.6. The van der Waals surface area contributed by atoms with Crippen molar-refractivity contribution < 1.29 is 0 Å². The number of rotatable bonds is 5. The van der Waals surface area contributed by atoms with Crippen molar-refractivity contribution in [3.8, 4) is 0 Å². The summed E-state index contributed by atoms with van der Waals surface area (Å²) in [4.78, 5) is 4.80. The predicted octanol–water partition coefficient (Wildman–Crippen LogP) is 8.39. The molecular formula is C48H35N2PSi. The molecular weight excluding hydrogens is 664 g/mol. The number of fused-ring (bicyclic) bond motifs is 4. The summed E-state index contributed by atoms with van der Waals surface area (Å²) in [5.41, 5.74) is 6.97. The first kappa shape index (κ1) is 30.8. The van der Waals surface area contributed by atoms with E-state index in [0.717, 1.165) is 11.4 Å². The van der Waals surface area contributed by atoms with Crippen LogP contribution in [0.4, 0.5) is 34.1 Å². The van der Waals surface area contributed by atoms with Crippen molar-refractivity contribution in [2.45, 2.75) is 0 Å². The summed E-state index contributed by atoms with van der Waals surface area (Å²) < 4.78 is 0. The fourth-order valence-electron chi connectivity index (χ4n) is 8.52. The van der Waals surface area contributed by atoms with Crippen molar-refractivity contribution >= 4 is 86.8 Å². The highest BCUT2D eigenvalue weighted by Gasteiger charge is 2.48. The number of para-hydroxylation sites is 5. The third-order valence-corrected chi connectivity index (χ3v) is 18.5. The van der Waals surface area contributed by atoms with Gasteiger partial charge in [-0.2, -0.15) is 0 Å². The third kappa shape index (κ3) is 4.67. The van der Waals surface area contributed by atoms with Crippen LogP contribution in [-0.2, 0) is 0 Å². The summed E-state index contributed by atoms with van der Waals surface area (Å²) in [6.45, 7) is 0. The Morgan fingerprint density at radius 2 is 0.654 bits per heavy atom. The number of hydrogen-bond donors (Lipinski definition) is 0. The minimum atomic E-state index is -2.60. The Morgan fingerprint density at radius 3 is 1.10 bits per heavy atom. The van der Waals surface area contributed by atoms with Gasteiger partial charge in [-0.1, -0.05) is 164 Å². The van der Waals surface area contributed by atoms with Gasteiger partial charge in [-0.15, -0.1) is 0 Å². The monoisotopic (exact) mass is 698 g/mol. The first-order valence-electron chi connectivity index (χ1n) is 17.9. The molecule has 8 aromatic rings. The molecule has 0 fully saturated rings. The summed E-state index contributed by atoms with van der Waals surface area (Å²) >= 11 is 0. The van der Waals surface area contributed by atoms with Gasteiger partial charge >= 0.3 is 0 Å². The Kier molecular flexibility index (Phi) is 7.49. The first-order valence-corrected chi connectivity index (χ1v) is 21.2. The zero-order chi connectivity index (χ0) is 34.5. The summed E-state index contributed by atoms with van der Waals surface area (Å²) in [7, 11) is -3.40. The number of anilines is 6. The molecule has 0 saturated heterocycles. The molecule has 2 aliphatic heterocycles. The maximum atomic E-state index is 2.43. The number of nitrogens with zero attached hydrogens (tertiary/aromatic N) is 2. The van der Waals surface area contributed by atoms with Crippen LogP contribution in [0.25, 0.3) is 0 Å². The Morgan fingerprint density at radius 1 is 0.308 bits per heavy atom. The van der Waals surface area contributed by atoms with Crippen LogP contribution in [0.1, 0.15) is 0 Å². The van der Waals surface area contributed by atoms with Crippen LogP contribution in [0.15, 0.2) is 212 Å². The summed E-state index contributed by atoms with van der Waals surface area (Å²) in [5, 5.41) is 10.2. The lowest BCUT2D eigenvalue weighted by Crippen LogP contribution is -2.81. The van der Waals surface area contributed by atoms with Gasteiger partial charge in [0.1, 0.15) is 0 Å². The lowest BCUT2D eigenvalue weighted by Gasteiger charge is -2.43. The molecule has 52 heavy (non-hydrogen) atoms. The zero-order valence-electron chi connectivity index (χ0n) is 28.5. The van der Waals surface area contributed by atoms with Crippen molar-refractivity contribution in [3.63, 3.8) is 0 Å². The van der Waals surface area contributed by atoms with Gasteiger partial charge in [-0.25, -0.2) is 0 Å². The number of benzene rings is 8. The van der Waals surface area contributed by atoms with E-state index in [9.17, 15) is 0 Å². The standard InChI is InChI=1S/C48H35N2PSi/c1-4-18-36(19-5-1)49-41-24-10-12-26-43(41)50(44-27-13-11-25-42(44)49)37-32-34-38(35-33-37)51-45-28-14-16-30-47(45)52(39-20-6-2-7-21-39,40-22-8-3-9-23-40)48-31-17-15-29-46(48)51/h1-35H. The highest BCUT2D eigenvalue weighted by molar-refractivity contribution is 7.81. The van der Waals surface area contributed by atoms with E-state index >= 15 is 0 Å². The van der Waals surface area contributed by atoms with Gasteiger partial charge < -0.3 is 9.80 Å². The molecule has 0 unspecified atom stereocenters. The zero-order valence-corrected chi connectivity index (χ0v) is 30.4. The molecule has 0 radical (unpaired) electrons. The second kappa shape index (κ2) is 12.7. The van der Waals surface area contributed by atoms with E-state index in [2.05, 4.69) is 222 Å². The summed E-state index contributed by atoms with van der Waals surface area (Å²) in [6.07, 6.45) is 0. The van der Waals surface area contributed by atoms with Crippen LogP contribution in [0.2, 0.25) is 0 Å². The van der Waals surface area contributed by atoms with E-state index in [0.29, 0.717) is 0 Å². The van der Waals surface area contributed by atoms with E-state index in [1.807, 2.05) is 0 Å². The molecule has 0 N–H and O–H groups in total. The molecule has 0 spiro atoms. The lowest BCUT2D eigenvalue weighted by atomic mass is 10.0. The van der Waals surface area contributed by atoms with Gasteiger partial charge in [0.2, 0.25) is 0 Å². The molecule has 2 nitrogen and oxygen atoms in total. The molecule has 0 aliphatic carbocycles. The molecule has 10 rings (SSSR count). The Hall–Kier alpha value is -5.99. The number of hydrogen-bond acceptors (Lipinski definition) is 2. The molecule has 0 saturated carbocycles. The Balaban J connectivity index is 1.13. The van der Waals surface area contributed by atoms with Crippen LogP contribution >= 0.6 is 7.92 Å². The largest absolute Gasteiger partial charge is 0.306 e. The fourth-order valence-corrected chi connectivity index (χ4v) is 17.4. The van der Waals surface area contributed by atoms with E-state index in [1.165, 1.54) is 59.4 Å². The van der Waals surface area contributed by atoms with Gasteiger partial charge in [0.15, 0.2) is 8.07 Å². The van der Waals surface area contributed by atoms with Gasteiger partial charge in [0.05, 0.1) is 22.7 Å². The van der Waals surface area contributed by atoms with Gasteiger partial charge in [0, 0.05) is 11.4 Å². The quantitative estimate of drug-likeness (QED) is 0.132. The van der Waals surface area contributed by atoms with Crippen LogP contribution in [0, 0.1) is 0 Å². The van der Waals surface area contributed by atoms with Gasteiger partial charge in [0.25, 0.3) is 0 Å². The fraction of sp³-hybridized carbons (Fsp3) is 0. The van der Waals surface area contributed by atoms with E-state index < -0.39 is 16.0 Å². The molecule has 0 bridgehead atoms. The van der Waals surface area contributed by atoms with Crippen LogP contribution in [-0.4, -0.2) is 8.07 Å². The highest BCUT2D eigenvalue weighted by Crippen LogP contribution is 2.53. The molecule has 8 aromatic carbocycles. The molecule has 246 valence electrons. The minimum absolute atomic E-state index is 0.802. The molecule has 0 atom stereocenters. The second-order valence-electron chi connectivity index (χ2n) is 13.4. The lowest BCUT2D eigenvalue weighted by molar-refractivity contribution is 1.17. The van der Waals surface area contributed by atoms with Gasteiger partial charge in [-0.3, -0.25) is 0 Å². The van der Waals surface area contributed by atoms with Crippen LogP contribution in [0.3, 0.4) is 0 Å².